The number of amides is 2. The third kappa shape index (κ3) is 5.42. The summed E-state index contributed by atoms with van der Waals surface area (Å²) in [5.74, 6) is -2.10. The molecular formula is C19H15FN4O4S. The zero-order valence-corrected chi connectivity index (χ0v) is 15.7. The summed E-state index contributed by atoms with van der Waals surface area (Å²) < 4.78 is 13.0. The summed E-state index contributed by atoms with van der Waals surface area (Å²) in [5, 5.41) is 18.1. The molecule has 0 spiro atoms. The maximum Gasteiger partial charge on any atom is 0.313 e. The minimum absolute atomic E-state index is 0.155. The zero-order valence-electron chi connectivity index (χ0n) is 14.9. The number of non-ortho nitro benzene ring substituents is 1. The van der Waals surface area contributed by atoms with Crippen LogP contribution in [0.25, 0.3) is 10.6 Å². The van der Waals surface area contributed by atoms with Gasteiger partial charge in [0.15, 0.2) is 0 Å². The smallest absolute Gasteiger partial charge is 0.313 e. The standard InChI is InChI=1S/C19H15FN4O4S/c20-13-6-4-12(5-7-13)19-23-15(11-29-19)8-9-21-17(25)18(26)22-14-2-1-3-16(10-14)24(27)28/h1-7,10-11H,8-9H2,(H,21,25)(H,22,26). The van der Waals surface area contributed by atoms with Crippen LogP contribution in [0, 0.1) is 15.9 Å². The van der Waals surface area contributed by atoms with Crippen molar-refractivity contribution in [3.63, 3.8) is 0 Å². The second-order valence-electron chi connectivity index (χ2n) is 5.92. The number of carbonyl (C=O) groups excluding carboxylic acids is 2. The van der Waals surface area contributed by atoms with Crippen molar-refractivity contribution in [3.8, 4) is 10.6 Å². The molecule has 1 heterocycles. The van der Waals surface area contributed by atoms with Crippen LogP contribution in [0.3, 0.4) is 0 Å². The molecule has 2 aromatic carbocycles. The van der Waals surface area contributed by atoms with Gasteiger partial charge in [-0.15, -0.1) is 11.3 Å². The fraction of sp³-hybridized carbons (Fsp3) is 0.105. The van der Waals surface area contributed by atoms with Crippen LogP contribution in [0.1, 0.15) is 5.69 Å². The number of rotatable bonds is 6. The Labute approximate surface area is 168 Å². The average molecular weight is 414 g/mol. The molecule has 8 nitrogen and oxygen atoms in total. The third-order valence-electron chi connectivity index (χ3n) is 3.83. The predicted molar refractivity (Wildman–Crippen MR) is 106 cm³/mol. The Balaban J connectivity index is 1.49. The van der Waals surface area contributed by atoms with Crippen molar-refractivity contribution in [2.24, 2.45) is 0 Å². The Hall–Kier alpha value is -3.66. The second-order valence-corrected chi connectivity index (χ2v) is 6.78. The van der Waals surface area contributed by atoms with Gasteiger partial charge in [0.2, 0.25) is 0 Å². The summed E-state index contributed by atoms with van der Waals surface area (Å²) >= 11 is 1.40. The lowest BCUT2D eigenvalue weighted by atomic mass is 10.2. The zero-order chi connectivity index (χ0) is 20.8. The van der Waals surface area contributed by atoms with Gasteiger partial charge in [-0.05, 0) is 30.3 Å². The molecule has 0 atom stereocenters. The minimum atomic E-state index is -0.921. The van der Waals surface area contributed by atoms with Crippen LogP contribution < -0.4 is 10.6 Å². The second kappa shape index (κ2) is 9.02. The quantitative estimate of drug-likeness (QED) is 0.365. The van der Waals surface area contributed by atoms with Crippen LogP contribution in [-0.2, 0) is 16.0 Å². The van der Waals surface area contributed by atoms with Gasteiger partial charge in [0, 0.05) is 41.7 Å². The van der Waals surface area contributed by atoms with Crippen molar-refractivity contribution in [3.05, 3.63) is 75.5 Å². The lowest BCUT2D eigenvalue weighted by Gasteiger charge is -2.06. The van der Waals surface area contributed by atoms with E-state index in [-0.39, 0.29) is 23.7 Å². The number of carbonyl (C=O) groups is 2. The van der Waals surface area contributed by atoms with E-state index in [2.05, 4.69) is 15.6 Å². The van der Waals surface area contributed by atoms with Gasteiger partial charge in [-0.1, -0.05) is 6.07 Å². The van der Waals surface area contributed by atoms with Crippen molar-refractivity contribution in [1.82, 2.24) is 10.3 Å². The Kier molecular flexibility index (Phi) is 6.25. The van der Waals surface area contributed by atoms with E-state index in [0.717, 1.165) is 22.3 Å². The van der Waals surface area contributed by atoms with Gasteiger partial charge in [0.05, 0.1) is 10.6 Å². The van der Waals surface area contributed by atoms with Crippen molar-refractivity contribution in [2.45, 2.75) is 6.42 Å². The number of nitro groups is 1. The van der Waals surface area contributed by atoms with Crippen molar-refractivity contribution < 1.29 is 18.9 Å². The molecule has 0 aliphatic rings. The first-order valence-corrected chi connectivity index (χ1v) is 9.34. The molecular weight excluding hydrogens is 399 g/mol. The topological polar surface area (TPSA) is 114 Å². The lowest BCUT2D eigenvalue weighted by molar-refractivity contribution is -0.384. The van der Waals surface area contributed by atoms with Gasteiger partial charge in [0.1, 0.15) is 10.8 Å². The summed E-state index contributed by atoms with van der Waals surface area (Å²) in [7, 11) is 0. The predicted octanol–water partition coefficient (Wildman–Crippen LogP) is 3.15. The monoisotopic (exact) mass is 414 g/mol. The summed E-state index contributed by atoms with van der Waals surface area (Å²) in [5.41, 5.74) is 1.49. The highest BCUT2D eigenvalue weighted by molar-refractivity contribution is 7.13. The number of hydrogen-bond donors (Lipinski definition) is 2. The number of hydrogen-bond acceptors (Lipinski definition) is 6. The molecule has 148 valence electrons. The Bertz CT molecular complexity index is 1050. The van der Waals surface area contributed by atoms with E-state index >= 15 is 0 Å². The highest BCUT2D eigenvalue weighted by Gasteiger charge is 2.15. The van der Waals surface area contributed by atoms with Gasteiger partial charge >= 0.3 is 11.8 Å². The first-order chi connectivity index (χ1) is 13.9. The fourth-order valence-electron chi connectivity index (χ4n) is 2.42. The normalized spacial score (nSPS) is 10.4. The summed E-state index contributed by atoms with van der Waals surface area (Å²) in [6.45, 7) is 0.188. The largest absolute Gasteiger partial charge is 0.347 e. The van der Waals surface area contributed by atoms with E-state index in [1.54, 1.807) is 12.1 Å². The van der Waals surface area contributed by atoms with E-state index in [1.807, 2.05) is 5.38 Å². The molecule has 0 saturated carbocycles. The molecule has 1 aromatic heterocycles. The summed E-state index contributed by atoms with van der Waals surface area (Å²) in [6.07, 6.45) is 0.410. The van der Waals surface area contributed by atoms with Crippen molar-refractivity contribution in [1.29, 1.82) is 0 Å². The molecule has 2 N–H and O–H groups in total. The van der Waals surface area contributed by atoms with E-state index in [4.69, 9.17) is 0 Å². The molecule has 3 aromatic rings. The molecule has 0 unspecified atom stereocenters. The van der Waals surface area contributed by atoms with Gasteiger partial charge in [-0.2, -0.15) is 0 Å². The molecule has 10 heteroatoms. The molecule has 0 radical (unpaired) electrons. The molecule has 0 bridgehead atoms. The first-order valence-electron chi connectivity index (χ1n) is 8.46. The number of anilines is 1. The van der Waals surface area contributed by atoms with Gasteiger partial charge < -0.3 is 10.6 Å². The lowest BCUT2D eigenvalue weighted by Crippen LogP contribution is -2.36. The molecule has 3 rings (SSSR count). The van der Waals surface area contributed by atoms with E-state index in [9.17, 15) is 24.1 Å². The van der Waals surface area contributed by atoms with Crippen LogP contribution in [0.2, 0.25) is 0 Å². The number of nitrogens with zero attached hydrogens (tertiary/aromatic N) is 2. The molecule has 0 aliphatic heterocycles. The maximum atomic E-state index is 13.0. The van der Waals surface area contributed by atoms with Crippen LogP contribution in [0.15, 0.2) is 53.9 Å². The van der Waals surface area contributed by atoms with Gasteiger partial charge in [0.25, 0.3) is 5.69 Å². The molecule has 0 saturated heterocycles. The molecule has 29 heavy (non-hydrogen) atoms. The van der Waals surface area contributed by atoms with E-state index in [1.165, 1.54) is 41.7 Å². The van der Waals surface area contributed by atoms with Gasteiger partial charge in [-0.3, -0.25) is 19.7 Å². The highest BCUT2D eigenvalue weighted by Crippen LogP contribution is 2.24. The number of nitro benzene ring substituents is 1. The van der Waals surface area contributed by atoms with Crippen LogP contribution in [0.4, 0.5) is 15.8 Å². The number of thiazole rings is 1. The van der Waals surface area contributed by atoms with Crippen LogP contribution in [-0.4, -0.2) is 28.3 Å². The number of nitrogens with one attached hydrogen (secondary N) is 2. The number of halogens is 1. The maximum absolute atomic E-state index is 13.0. The minimum Gasteiger partial charge on any atom is -0.347 e. The molecule has 0 fully saturated rings. The Morgan fingerprint density at radius 3 is 2.62 bits per heavy atom. The van der Waals surface area contributed by atoms with Crippen LogP contribution in [0.5, 0.6) is 0 Å². The Morgan fingerprint density at radius 1 is 1.14 bits per heavy atom. The highest BCUT2D eigenvalue weighted by atomic mass is 32.1. The SMILES string of the molecule is O=C(NCCc1csc(-c2ccc(F)cc2)n1)C(=O)Nc1cccc([N+](=O)[O-])c1. The van der Waals surface area contributed by atoms with Crippen molar-refractivity contribution >= 4 is 34.5 Å². The number of aromatic nitrogens is 1. The summed E-state index contributed by atoms with van der Waals surface area (Å²) in [6, 6.07) is 11.3. The van der Waals surface area contributed by atoms with Crippen molar-refractivity contribution in [2.75, 3.05) is 11.9 Å². The van der Waals surface area contributed by atoms with Crippen LogP contribution >= 0.6 is 11.3 Å². The molecule has 0 aliphatic carbocycles. The van der Waals surface area contributed by atoms with E-state index < -0.39 is 16.7 Å². The fourth-order valence-corrected chi connectivity index (χ4v) is 3.28. The first kappa shape index (κ1) is 20.1. The van der Waals surface area contributed by atoms with E-state index in [0.29, 0.717) is 6.42 Å². The third-order valence-corrected chi connectivity index (χ3v) is 4.77. The van der Waals surface area contributed by atoms with Gasteiger partial charge in [-0.25, -0.2) is 9.37 Å². The average Bonchev–Trinajstić information content (AvgIpc) is 3.17. The number of benzene rings is 2. The Morgan fingerprint density at radius 2 is 1.90 bits per heavy atom. The summed E-state index contributed by atoms with van der Waals surface area (Å²) in [4.78, 5) is 38.4. The molecule has 2 amide bonds.